The standard InChI is InChI=1S/C11H16F3N3O/c1-6(2)8-4-7(3)16-10(17-8)15-5-9(18)11(12,13)14/h4,6,9,18H,5H2,1-3H3,(H,15,16,17). The van der Waals surface area contributed by atoms with Crippen molar-refractivity contribution in [1.82, 2.24) is 9.97 Å². The molecule has 0 spiro atoms. The smallest absolute Gasteiger partial charge is 0.382 e. The van der Waals surface area contributed by atoms with Gasteiger partial charge in [-0.15, -0.1) is 0 Å². The average Bonchev–Trinajstić information content (AvgIpc) is 2.23. The molecule has 4 nitrogen and oxygen atoms in total. The van der Waals surface area contributed by atoms with Gasteiger partial charge >= 0.3 is 6.18 Å². The highest BCUT2D eigenvalue weighted by molar-refractivity contribution is 5.29. The molecule has 1 unspecified atom stereocenters. The Labute approximate surface area is 103 Å². The first-order valence-corrected chi connectivity index (χ1v) is 5.54. The molecule has 7 heteroatoms. The van der Waals surface area contributed by atoms with Crippen LogP contribution in [0.5, 0.6) is 0 Å². The highest BCUT2D eigenvalue weighted by Gasteiger charge is 2.37. The summed E-state index contributed by atoms with van der Waals surface area (Å²) < 4.78 is 36.3. The van der Waals surface area contributed by atoms with E-state index in [-0.39, 0.29) is 11.9 Å². The minimum Gasteiger partial charge on any atom is -0.382 e. The van der Waals surface area contributed by atoms with Gasteiger partial charge in [-0.2, -0.15) is 13.2 Å². The maximum absolute atomic E-state index is 12.1. The lowest BCUT2D eigenvalue weighted by Crippen LogP contribution is -2.35. The molecule has 102 valence electrons. The molecule has 1 heterocycles. The summed E-state index contributed by atoms with van der Waals surface area (Å²) in [6, 6.07) is 1.77. The quantitative estimate of drug-likeness (QED) is 0.874. The van der Waals surface area contributed by atoms with E-state index in [9.17, 15) is 13.2 Å². The number of nitrogens with one attached hydrogen (secondary N) is 1. The number of aliphatic hydroxyl groups excluding tert-OH is 1. The molecule has 18 heavy (non-hydrogen) atoms. The second-order valence-electron chi connectivity index (χ2n) is 4.35. The topological polar surface area (TPSA) is 58.0 Å². The number of hydrogen-bond acceptors (Lipinski definition) is 4. The number of hydrogen-bond donors (Lipinski definition) is 2. The molecule has 0 amide bonds. The van der Waals surface area contributed by atoms with Crippen LogP contribution in [-0.4, -0.2) is 33.9 Å². The van der Waals surface area contributed by atoms with Crippen LogP contribution in [-0.2, 0) is 0 Å². The van der Waals surface area contributed by atoms with Gasteiger partial charge in [0.15, 0.2) is 6.10 Å². The lowest BCUT2D eigenvalue weighted by molar-refractivity contribution is -0.198. The van der Waals surface area contributed by atoms with Crippen molar-refractivity contribution < 1.29 is 18.3 Å². The maximum Gasteiger partial charge on any atom is 0.416 e. The monoisotopic (exact) mass is 263 g/mol. The second-order valence-corrected chi connectivity index (χ2v) is 4.35. The van der Waals surface area contributed by atoms with Crippen molar-refractivity contribution in [3.8, 4) is 0 Å². The third-order valence-electron chi connectivity index (χ3n) is 2.30. The van der Waals surface area contributed by atoms with E-state index in [0.29, 0.717) is 5.69 Å². The summed E-state index contributed by atoms with van der Waals surface area (Å²) in [5.41, 5.74) is 1.41. The summed E-state index contributed by atoms with van der Waals surface area (Å²) in [6.07, 6.45) is -7.07. The molecule has 0 saturated heterocycles. The summed E-state index contributed by atoms with van der Waals surface area (Å²) in [6.45, 7) is 4.93. The van der Waals surface area contributed by atoms with Crippen LogP contribution in [0.15, 0.2) is 6.07 Å². The Morgan fingerprint density at radius 3 is 2.44 bits per heavy atom. The number of aryl methyl sites for hydroxylation is 1. The molecule has 2 N–H and O–H groups in total. The number of nitrogens with zero attached hydrogens (tertiary/aromatic N) is 2. The van der Waals surface area contributed by atoms with Crippen LogP contribution in [0.1, 0.15) is 31.2 Å². The molecule has 0 aliphatic carbocycles. The first-order valence-electron chi connectivity index (χ1n) is 5.54. The minimum absolute atomic E-state index is 0.0991. The number of rotatable bonds is 4. The predicted molar refractivity (Wildman–Crippen MR) is 61.4 cm³/mol. The van der Waals surface area contributed by atoms with Gasteiger partial charge in [-0.25, -0.2) is 9.97 Å². The summed E-state index contributed by atoms with van der Waals surface area (Å²) in [7, 11) is 0. The summed E-state index contributed by atoms with van der Waals surface area (Å²) in [5.74, 6) is 0.252. The van der Waals surface area contributed by atoms with E-state index in [1.807, 2.05) is 13.8 Å². The Balaban J connectivity index is 2.73. The van der Waals surface area contributed by atoms with Crippen molar-refractivity contribution in [1.29, 1.82) is 0 Å². The van der Waals surface area contributed by atoms with E-state index in [1.54, 1.807) is 13.0 Å². The normalized spacial score (nSPS) is 13.8. The van der Waals surface area contributed by atoms with Gasteiger partial charge in [-0.05, 0) is 18.9 Å². The van der Waals surface area contributed by atoms with Gasteiger partial charge in [-0.3, -0.25) is 0 Å². The second kappa shape index (κ2) is 5.51. The largest absolute Gasteiger partial charge is 0.416 e. The minimum atomic E-state index is -4.64. The van der Waals surface area contributed by atoms with Crippen LogP contribution in [0.25, 0.3) is 0 Å². The van der Waals surface area contributed by atoms with E-state index in [4.69, 9.17) is 5.11 Å². The van der Waals surface area contributed by atoms with Crippen molar-refractivity contribution in [2.45, 2.75) is 39.0 Å². The van der Waals surface area contributed by atoms with Crippen molar-refractivity contribution in [2.75, 3.05) is 11.9 Å². The van der Waals surface area contributed by atoms with E-state index >= 15 is 0 Å². The van der Waals surface area contributed by atoms with Crippen molar-refractivity contribution in [2.24, 2.45) is 0 Å². The van der Waals surface area contributed by atoms with Crippen molar-refractivity contribution >= 4 is 5.95 Å². The number of aliphatic hydroxyl groups is 1. The number of anilines is 1. The summed E-state index contributed by atoms with van der Waals surface area (Å²) in [5, 5.41) is 11.2. The van der Waals surface area contributed by atoms with E-state index < -0.39 is 18.8 Å². The molecule has 0 saturated carbocycles. The fraction of sp³-hybridized carbons (Fsp3) is 0.636. The summed E-state index contributed by atoms with van der Waals surface area (Å²) >= 11 is 0. The number of halogens is 3. The Hall–Kier alpha value is -1.37. The highest BCUT2D eigenvalue weighted by atomic mass is 19.4. The maximum atomic E-state index is 12.1. The van der Waals surface area contributed by atoms with Gasteiger partial charge in [0.25, 0.3) is 0 Å². The molecule has 0 aliphatic rings. The number of aromatic nitrogens is 2. The van der Waals surface area contributed by atoms with Gasteiger partial charge < -0.3 is 10.4 Å². The fourth-order valence-corrected chi connectivity index (χ4v) is 1.27. The third kappa shape index (κ3) is 4.14. The van der Waals surface area contributed by atoms with Crippen LogP contribution >= 0.6 is 0 Å². The van der Waals surface area contributed by atoms with Crippen molar-refractivity contribution in [3.05, 3.63) is 17.5 Å². The van der Waals surface area contributed by atoms with Gasteiger partial charge in [0.2, 0.25) is 5.95 Å². The van der Waals surface area contributed by atoms with Crippen LogP contribution in [0.3, 0.4) is 0 Å². The fourth-order valence-electron chi connectivity index (χ4n) is 1.27. The molecule has 1 aromatic heterocycles. The molecule has 0 radical (unpaired) electrons. The molecule has 0 aliphatic heterocycles. The van der Waals surface area contributed by atoms with Crippen LogP contribution in [0.4, 0.5) is 19.1 Å². The Bertz CT molecular complexity index is 407. The lowest BCUT2D eigenvalue weighted by atomic mass is 10.1. The molecule has 0 bridgehead atoms. The van der Waals surface area contributed by atoms with Gasteiger partial charge in [-0.1, -0.05) is 13.8 Å². The zero-order chi connectivity index (χ0) is 13.9. The van der Waals surface area contributed by atoms with Crippen LogP contribution < -0.4 is 5.32 Å². The third-order valence-corrected chi connectivity index (χ3v) is 2.30. The van der Waals surface area contributed by atoms with Gasteiger partial charge in [0, 0.05) is 11.4 Å². The Morgan fingerprint density at radius 2 is 1.94 bits per heavy atom. The van der Waals surface area contributed by atoms with E-state index in [0.717, 1.165) is 5.69 Å². The molecular weight excluding hydrogens is 247 g/mol. The van der Waals surface area contributed by atoms with Gasteiger partial charge in [0.05, 0.1) is 6.54 Å². The zero-order valence-corrected chi connectivity index (χ0v) is 10.4. The SMILES string of the molecule is Cc1cc(C(C)C)nc(NCC(O)C(F)(F)F)n1. The Morgan fingerprint density at radius 1 is 1.33 bits per heavy atom. The van der Waals surface area contributed by atoms with Crippen molar-refractivity contribution in [3.63, 3.8) is 0 Å². The molecule has 1 rings (SSSR count). The number of alkyl halides is 3. The van der Waals surface area contributed by atoms with E-state index in [2.05, 4.69) is 15.3 Å². The molecule has 0 fully saturated rings. The highest BCUT2D eigenvalue weighted by Crippen LogP contribution is 2.20. The first kappa shape index (κ1) is 14.7. The first-order chi connectivity index (χ1) is 8.20. The van der Waals surface area contributed by atoms with Gasteiger partial charge in [0.1, 0.15) is 0 Å². The average molecular weight is 263 g/mol. The summed E-state index contributed by atoms with van der Waals surface area (Å²) in [4.78, 5) is 8.06. The zero-order valence-electron chi connectivity index (χ0n) is 10.4. The molecule has 1 aromatic rings. The molecule has 1 atom stereocenters. The lowest BCUT2D eigenvalue weighted by Gasteiger charge is -2.15. The predicted octanol–water partition coefficient (Wildman–Crippen LogP) is 2.24. The molecule has 0 aromatic carbocycles. The van der Waals surface area contributed by atoms with E-state index in [1.165, 1.54) is 0 Å². The molecular formula is C11H16F3N3O. The van der Waals surface area contributed by atoms with Crippen LogP contribution in [0, 0.1) is 6.92 Å². The van der Waals surface area contributed by atoms with Crippen LogP contribution in [0.2, 0.25) is 0 Å². The Kier molecular flexibility index (Phi) is 4.50.